The third-order valence-corrected chi connectivity index (χ3v) is 2.54. The molecule has 0 aliphatic heterocycles. The molecule has 0 saturated carbocycles. The van der Waals surface area contributed by atoms with Crippen LogP contribution in [0.1, 0.15) is 12.5 Å². The Balaban J connectivity index is 2.20. The highest BCUT2D eigenvalue weighted by molar-refractivity contribution is 5.56. The molecule has 0 atom stereocenters. The smallest absolute Gasteiger partial charge is 0.123 e. The molecule has 1 aromatic rings. The minimum atomic E-state index is 0.311. The number of benzene rings is 1. The lowest BCUT2D eigenvalue weighted by molar-refractivity contribution is 0.429. The summed E-state index contributed by atoms with van der Waals surface area (Å²) in [6.45, 7) is 1.99. The highest BCUT2D eigenvalue weighted by Gasteiger charge is 2.05. The van der Waals surface area contributed by atoms with Gasteiger partial charge in [0, 0.05) is 5.57 Å². The van der Waals surface area contributed by atoms with Crippen LogP contribution in [0, 0.1) is 0 Å². The van der Waals surface area contributed by atoms with Gasteiger partial charge in [-0.25, -0.2) is 0 Å². The van der Waals surface area contributed by atoms with Gasteiger partial charge in [0.15, 0.2) is 0 Å². The molecule has 0 unspecified atom stereocenters. The van der Waals surface area contributed by atoms with Gasteiger partial charge in [0.1, 0.15) is 5.76 Å². The molecule has 1 aliphatic carbocycles. The van der Waals surface area contributed by atoms with Crippen molar-refractivity contribution in [2.75, 3.05) is 0 Å². The van der Waals surface area contributed by atoms with Crippen molar-refractivity contribution in [3.8, 4) is 0 Å². The second-order valence-corrected chi connectivity index (χ2v) is 3.75. The van der Waals surface area contributed by atoms with Gasteiger partial charge < -0.3 is 5.11 Å². The van der Waals surface area contributed by atoms with E-state index in [1.807, 2.05) is 61.6 Å². The average Bonchev–Trinajstić information content (AvgIpc) is 2.74. The van der Waals surface area contributed by atoms with Crippen molar-refractivity contribution in [1.82, 2.24) is 0 Å². The molecule has 0 spiro atoms. The number of rotatable bonds is 2. The van der Waals surface area contributed by atoms with Crippen LogP contribution in [0.15, 0.2) is 71.5 Å². The van der Waals surface area contributed by atoms with E-state index in [1.54, 1.807) is 6.08 Å². The van der Waals surface area contributed by atoms with Crippen molar-refractivity contribution < 1.29 is 5.11 Å². The molecule has 2 rings (SSSR count). The summed E-state index contributed by atoms with van der Waals surface area (Å²) in [5.41, 5.74) is 3.07. The monoisotopic (exact) mass is 210 g/mol. The van der Waals surface area contributed by atoms with E-state index >= 15 is 0 Å². The van der Waals surface area contributed by atoms with Crippen molar-refractivity contribution >= 4 is 6.08 Å². The third-order valence-electron chi connectivity index (χ3n) is 2.54. The van der Waals surface area contributed by atoms with E-state index in [9.17, 15) is 5.11 Å². The Morgan fingerprint density at radius 3 is 2.56 bits per heavy atom. The van der Waals surface area contributed by atoms with Crippen LogP contribution in [0.3, 0.4) is 0 Å². The Morgan fingerprint density at radius 2 is 1.94 bits per heavy atom. The number of hydrogen-bond donors (Lipinski definition) is 1. The molecule has 0 amide bonds. The van der Waals surface area contributed by atoms with Gasteiger partial charge >= 0.3 is 0 Å². The maximum atomic E-state index is 9.88. The lowest BCUT2D eigenvalue weighted by atomic mass is 10.1. The number of aliphatic hydroxyl groups excluding tert-OH is 1. The van der Waals surface area contributed by atoms with E-state index in [4.69, 9.17) is 0 Å². The van der Waals surface area contributed by atoms with Gasteiger partial charge in [-0.1, -0.05) is 54.6 Å². The summed E-state index contributed by atoms with van der Waals surface area (Å²) in [6.07, 6.45) is 9.48. The molecule has 80 valence electrons. The number of allylic oxidation sites excluding steroid dienone is 6. The van der Waals surface area contributed by atoms with Gasteiger partial charge in [0.05, 0.1) is 0 Å². The van der Waals surface area contributed by atoms with Crippen LogP contribution in [0.4, 0.5) is 0 Å². The Hall–Kier alpha value is -2.02. The topological polar surface area (TPSA) is 20.2 Å². The molecular weight excluding hydrogens is 196 g/mol. The molecule has 16 heavy (non-hydrogen) atoms. The molecule has 1 aliphatic rings. The zero-order valence-electron chi connectivity index (χ0n) is 9.22. The first-order valence-corrected chi connectivity index (χ1v) is 5.29. The molecule has 0 bridgehead atoms. The predicted octanol–water partition coefficient (Wildman–Crippen LogP) is 4.03. The largest absolute Gasteiger partial charge is 0.507 e. The van der Waals surface area contributed by atoms with E-state index < -0.39 is 0 Å². The molecule has 1 heteroatoms. The first kappa shape index (κ1) is 10.5. The summed E-state index contributed by atoms with van der Waals surface area (Å²) in [5.74, 6) is 0.311. The SMILES string of the molecule is CC1=CC=CC1=C(O)C=Cc1ccccc1. The number of aliphatic hydroxyl groups is 1. The maximum Gasteiger partial charge on any atom is 0.123 e. The van der Waals surface area contributed by atoms with E-state index in [0.717, 1.165) is 16.7 Å². The van der Waals surface area contributed by atoms with Crippen LogP contribution < -0.4 is 0 Å². The van der Waals surface area contributed by atoms with Gasteiger partial charge in [0.25, 0.3) is 0 Å². The molecule has 1 N–H and O–H groups in total. The summed E-state index contributed by atoms with van der Waals surface area (Å²) >= 11 is 0. The molecule has 0 fully saturated rings. The Bertz CT molecular complexity index is 487. The average molecular weight is 210 g/mol. The minimum Gasteiger partial charge on any atom is -0.507 e. The van der Waals surface area contributed by atoms with Crippen LogP contribution in [-0.4, -0.2) is 5.11 Å². The normalized spacial score (nSPS) is 17.9. The van der Waals surface area contributed by atoms with E-state index in [-0.39, 0.29) is 0 Å². The van der Waals surface area contributed by atoms with Crippen LogP contribution in [-0.2, 0) is 0 Å². The first-order valence-electron chi connectivity index (χ1n) is 5.29. The van der Waals surface area contributed by atoms with E-state index in [1.165, 1.54) is 0 Å². The standard InChI is InChI=1S/C15H14O/c1-12-6-5-9-14(12)15(16)11-10-13-7-3-2-4-8-13/h2-11,16H,1H3. The van der Waals surface area contributed by atoms with Gasteiger partial charge in [-0.15, -0.1) is 0 Å². The van der Waals surface area contributed by atoms with Crippen molar-refractivity contribution in [3.05, 3.63) is 77.1 Å². The fraction of sp³-hybridized carbons (Fsp3) is 0.0667. The highest BCUT2D eigenvalue weighted by Crippen LogP contribution is 2.21. The van der Waals surface area contributed by atoms with Crippen molar-refractivity contribution in [3.63, 3.8) is 0 Å². The summed E-state index contributed by atoms with van der Waals surface area (Å²) in [7, 11) is 0. The van der Waals surface area contributed by atoms with Crippen molar-refractivity contribution in [1.29, 1.82) is 0 Å². The highest BCUT2D eigenvalue weighted by atomic mass is 16.3. The van der Waals surface area contributed by atoms with E-state index in [2.05, 4.69) is 0 Å². The van der Waals surface area contributed by atoms with E-state index in [0.29, 0.717) is 5.76 Å². The van der Waals surface area contributed by atoms with Gasteiger partial charge in [-0.3, -0.25) is 0 Å². The fourth-order valence-corrected chi connectivity index (χ4v) is 1.63. The predicted molar refractivity (Wildman–Crippen MR) is 68.0 cm³/mol. The lowest BCUT2D eigenvalue weighted by Gasteiger charge is -2.00. The third kappa shape index (κ3) is 2.31. The molecular formula is C15H14O. The molecule has 0 heterocycles. The van der Waals surface area contributed by atoms with Crippen LogP contribution in [0.5, 0.6) is 0 Å². The molecule has 0 saturated heterocycles. The van der Waals surface area contributed by atoms with Gasteiger partial charge in [-0.2, -0.15) is 0 Å². The van der Waals surface area contributed by atoms with Crippen LogP contribution in [0.2, 0.25) is 0 Å². The van der Waals surface area contributed by atoms with Crippen LogP contribution >= 0.6 is 0 Å². The molecule has 0 radical (unpaired) electrons. The summed E-state index contributed by atoms with van der Waals surface area (Å²) < 4.78 is 0. The van der Waals surface area contributed by atoms with Gasteiger partial charge in [-0.05, 0) is 24.1 Å². The fourth-order valence-electron chi connectivity index (χ4n) is 1.63. The second kappa shape index (κ2) is 4.67. The summed E-state index contributed by atoms with van der Waals surface area (Å²) in [4.78, 5) is 0. The number of hydrogen-bond acceptors (Lipinski definition) is 1. The first-order chi connectivity index (χ1) is 7.77. The van der Waals surface area contributed by atoms with Crippen molar-refractivity contribution in [2.24, 2.45) is 0 Å². The Labute approximate surface area is 95.7 Å². The van der Waals surface area contributed by atoms with Crippen LogP contribution in [0.25, 0.3) is 6.08 Å². The Morgan fingerprint density at radius 1 is 1.19 bits per heavy atom. The summed E-state index contributed by atoms with van der Waals surface area (Å²) in [6, 6.07) is 9.93. The lowest BCUT2D eigenvalue weighted by Crippen LogP contribution is -1.84. The zero-order chi connectivity index (χ0) is 11.4. The minimum absolute atomic E-state index is 0.311. The van der Waals surface area contributed by atoms with Gasteiger partial charge in [0.2, 0.25) is 0 Å². The molecule has 0 aromatic heterocycles. The molecule has 1 nitrogen and oxygen atoms in total. The molecule has 1 aromatic carbocycles. The quantitative estimate of drug-likeness (QED) is 0.731. The van der Waals surface area contributed by atoms with Crippen molar-refractivity contribution in [2.45, 2.75) is 6.92 Å². The zero-order valence-corrected chi connectivity index (χ0v) is 9.22. The Kier molecular flexibility index (Phi) is 3.06. The second-order valence-electron chi connectivity index (χ2n) is 3.75. The summed E-state index contributed by atoms with van der Waals surface area (Å²) in [5, 5.41) is 9.88. The maximum absolute atomic E-state index is 9.88.